The lowest BCUT2D eigenvalue weighted by Crippen LogP contribution is -2.22. The van der Waals surface area contributed by atoms with E-state index < -0.39 is 28.6 Å². The Morgan fingerprint density at radius 3 is 2.70 bits per heavy atom. The van der Waals surface area contributed by atoms with Gasteiger partial charge in [0.1, 0.15) is 22.8 Å². The molecule has 3 nitrogen and oxygen atoms in total. The summed E-state index contributed by atoms with van der Waals surface area (Å²) in [4.78, 5) is 3.80. The quantitative estimate of drug-likeness (QED) is 0.856. The molecule has 122 valence electrons. The van der Waals surface area contributed by atoms with Gasteiger partial charge in [-0.15, -0.1) is 0 Å². The van der Waals surface area contributed by atoms with Crippen molar-refractivity contribution in [3.8, 4) is 5.75 Å². The molecule has 1 aliphatic rings. The van der Waals surface area contributed by atoms with Crippen molar-refractivity contribution in [3.05, 3.63) is 58.6 Å². The molecule has 2 heterocycles. The van der Waals surface area contributed by atoms with E-state index in [4.69, 9.17) is 16.3 Å². The van der Waals surface area contributed by atoms with Gasteiger partial charge >= 0.3 is 0 Å². The minimum absolute atomic E-state index is 0.0302. The SMILES string of the molecule is Fc1cncc([C@H](Oc2c(F)ccc(F)c2Cl)[C@H]2CCNC2)c1. The van der Waals surface area contributed by atoms with Gasteiger partial charge in [-0.05, 0) is 31.2 Å². The van der Waals surface area contributed by atoms with Crippen molar-refractivity contribution in [2.45, 2.75) is 12.5 Å². The average Bonchev–Trinajstić information content (AvgIpc) is 3.05. The Balaban J connectivity index is 1.98. The minimum atomic E-state index is -0.774. The first-order chi connectivity index (χ1) is 11.1. The van der Waals surface area contributed by atoms with E-state index in [1.807, 2.05) is 0 Å². The van der Waals surface area contributed by atoms with Gasteiger partial charge in [-0.2, -0.15) is 0 Å². The Morgan fingerprint density at radius 1 is 1.22 bits per heavy atom. The first-order valence-corrected chi connectivity index (χ1v) is 7.55. The van der Waals surface area contributed by atoms with Gasteiger partial charge in [-0.25, -0.2) is 13.2 Å². The van der Waals surface area contributed by atoms with E-state index in [-0.39, 0.29) is 11.7 Å². The summed E-state index contributed by atoms with van der Waals surface area (Å²) in [6, 6.07) is 3.16. The lowest BCUT2D eigenvalue weighted by Gasteiger charge is -2.25. The second-order valence-corrected chi connectivity index (χ2v) is 5.78. The van der Waals surface area contributed by atoms with E-state index in [0.29, 0.717) is 12.1 Å². The van der Waals surface area contributed by atoms with Crippen LogP contribution in [0.1, 0.15) is 18.1 Å². The second kappa shape index (κ2) is 6.76. The first-order valence-electron chi connectivity index (χ1n) is 7.17. The van der Waals surface area contributed by atoms with Gasteiger partial charge < -0.3 is 10.1 Å². The van der Waals surface area contributed by atoms with Crippen LogP contribution in [0, 0.1) is 23.4 Å². The van der Waals surface area contributed by atoms with Crippen LogP contribution in [0.15, 0.2) is 30.6 Å². The highest BCUT2D eigenvalue weighted by Crippen LogP contribution is 2.37. The number of pyridine rings is 1. The summed E-state index contributed by atoms with van der Waals surface area (Å²) in [6.07, 6.45) is 2.61. The topological polar surface area (TPSA) is 34.1 Å². The fourth-order valence-corrected chi connectivity index (χ4v) is 2.90. The molecule has 2 aromatic rings. The lowest BCUT2D eigenvalue weighted by molar-refractivity contribution is 0.137. The smallest absolute Gasteiger partial charge is 0.177 e. The molecule has 23 heavy (non-hydrogen) atoms. The standard InChI is InChI=1S/C16H14ClF3N2O/c17-14-12(19)1-2-13(20)16(14)23-15(9-3-4-21-6-9)10-5-11(18)8-22-7-10/h1-2,5,7-9,15,21H,3-4,6H2/t9-,15+/m0/s1. The van der Waals surface area contributed by atoms with Crippen LogP contribution in [0.5, 0.6) is 5.75 Å². The normalized spacial score (nSPS) is 18.9. The van der Waals surface area contributed by atoms with Crippen LogP contribution in [-0.4, -0.2) is 18.1 Å². The van der Waals surface area contributed by atoms with Crippen molar-refractivity contribution in [2.75, 3.05) is 13.1 Å². The Labute approximate surface area is 136 Å². The molecular weight excluding hydrogens is 329 g/mol. The van der Waals surface area contributed by atoms with Gasteiger partial charge in [0.15, 0.2) is 11.6 Å². The zero-order valence-corrected chi connectivity index (χ0v) is 12.8. The van der Waals surface area contributed by atoms with E-state index in [0.717, 1.165) is 31.3 Å². The molecule has 1 aromatic carbocycles. The Kier molecular flexibility index (Phi) is 4.73. The van der Waals surface area contributed by atoms with Crippen LogP contribution in [0.4, 0.5) is 13.2 Å². The number of nitrogens with zero attached hydrogens (tertiary/aromatic N) is 1. The number of ether oxygens (including phenoxy) is 1. The highest BCUT2D eigenvalue weighted by Gasteiger charge is 2.30. The summed E-state index contributed by atoms with van der Waals surface area (Å²) in [6.45, 7) is 1.39. The van der Waals surface area contributed by atoms with Crippen LogP contribution >= 0.6 is 11.6 Å². The Bertz CT molecular complexity index is 708. The molecule has 7 heteroatoms. The van der Waals surface area contributed by atoms with Crippen molar-refractivity contribution in [1.29, 1.82) is 0 Å². The molecule has 0 radical (unpaired) electrons. The third-order valence-electron chi connectivity index (χ3n) is 3.83. The van der Waals surface area contributed by atoms with Crippen molar-refractivity contribution < 1.29 is 17.9 Å². The summed E-state index contributed by atoms with van der Waals surface area (Å²) in [5, 5.41) is 2.74. The third-order valence-corrected chi connectivity index (χ3v) is 4.18. The van der Waals surface area contributed by atoms with Gasteiger partial charge in [0.2, 0.25) is 0 Å². The van der Waals surface area contributed by atoms with Gasteiger partial charge in [0, 0.05) is 24.2 Å². The van der Waals surface area contributed by atoms with E-state index in [2.05, 4.69) is 10.3 Å². The summed E-state index contributed by atoms with van der Waals surface area (Å²) in [5.74, 6) is -2.46. The molecule has 2 atom stereocenters. The van der Waals surface area contributed by atoms with Crippen LogP contribution in [0.3, 0.4) is 0 Å². The Hall–Kier alpha value is -1.79. The second-order valence-electron chi connectivity index (χ2n) is 5.40. The van der Waals surface area contributed by atoms with Gasteiger partial charge in [-0.1, -0.05) is 11.6 Å². The fraction of sp³-hybridized carbons (Fsp3) is 0.312. The zero-order chi connectivity index (χ0) is 16.4. The molecule has 1 aromatic heterocycles. The number of benzene rings is 1. The van der Waals surface area contributed by atoms with E-state index in [1.165, 1.54) is 12.3 Å². The van der Waals surface area contributed by atoms with E-state index >= 15 is 0 Å². The summed E-state index contributed by atoms with van der Waals surface area (Å²) in [5.41, 5.74) is 0.457. The monoisotopic (exact) mass is 342 g/mol. The van der Waals surface area contributed by atoms with Crippen molar-refractivity contribution in [3.63, 3.8) is 0 Å². The third kappa shape index (κ3) is 3.43. The minimum Gasteiger partial charge on any atom is -0.481 e. The summed E-state index contributed by atoms with van der Waals surface area (Å²) < 4.78 is 46.8. The van der Waals surface area contributed by atoms with Gasteiger partial charge in [0.25, 0.3) is 0 Å². The van der Waals surface area contributed by atoms with Crippen LogP contribution < -0.4 is 10.1 Å². The molecule has 1 saturated heterocycles. The van der Waals surface area contributed by atoms with Crippen molar-refractivity contribution in [1.82, 2.24) is 10.3 Å². The number of aromatic nitrogens is 1. The predicted molar refractivity (Wildman–Crippen MR) is 79.9 cm³/mol. The average molecular weight is 343 g/mol. The van der Waals surface area contributed by atoms with Crippen molar-refractivity contribution >= 4 is 11.6 Å². The molecule has 0 spiro atoms. The summed E-state index contributed by atoms with van der Waals surface area (Å²) in [7, 11) is 0. The number of rotatable bonds is 4. The molecule has 0 saturated carbocycles. The van der Waals surface area contributed by atoms with Crippen molar-refractivity contribution in [2.24, 2.45) is 5.92 Å². The van der Waals surface area contributed by atoms with E-state index in [9.17, 15) is 13.2 Å². The number of hydrogen-bond donors (Lipinski definition) is 1. The maximum absolute atomic E-state index is 14.0. The molecule has 3 rings (SSSR count). The van der Waals surface area contributed by atoms with Gasteiger partial charge in [-0.3, -0.25) is 4.98 Å². The fourth-order valence-electron chi connectivity index (χ4n) is 2.70. The van der Waals surface area contributed by atoms with Crippen LogP contribution in [-0.2, 0) is 0 Å². The largest absolute Gasteiger partial charge is 0.481 e. The first kappa shape index (κ1) is 16.1. The molecule has 0 unspecified atom stereocenters. The molecule has 1 N–H and O–H groups in total. The number of halogens is 4. The highest BCUT2D eigenvalue weighted by atomic mass is 35.5. The van der Waals surface area contributed by atoms with Crippen LogP contribution in [0.25, 0.3) is 0 Å². The number of hydrogen-bond acceptors (Lipinski definition) is 3. The summed E-state index contributed by atoms with van der Waals surface area (Å²) >= 11 is 5.82. The van der Waals surface area contributed by atoms with Gasteiger partial charge in [0.05, 0.1) is 6.20 Å². The highest BCUT2D eigenvalue weighted by molar-refractivity contribution is 6.32. The molecule has 1 fully saturated rings. The van der Waals surface area contributed by atoms with E-state index in [1.54, 1.807) is 0 Å². The zero-order valence-electron chi connectivity index (χ0n) is 12.0. The molecule has 0 bridgehead atoms. The van der Waals surface area contributed by atoms with Crippen LogP contribution in [0.2, 0.25) is 5.02 Å². The lowest BCUT2D eigenvalue weighted by atomic mass is 9.96. The molecule has 0 aliphatic carbocycles. The molecule has 1 aliphatic heterocycles. The maximum atomic E-state index is 14.0. The predicted octanol–water partition coefficient (Wildman–Crippen LogP) is 3.88. The molecule has 0 amide bonds. The Morgan fingerprint density at radius 2 is 2.00 bits per heavy atom. The number of nitrogens with one attached hydrogen (secondary N) is 1. The molecular formula is C16H14ClF3N2O. The maximum Gasteiger partial charge on any atom is 0.177 e.